The number of hydrogen-bond donors (Lipinski definition) is 1. The van der Waals surface area contributed by atoms with E-state index in [-0.39, 0.29) is 15.2 Å². The lowest BCUT2D eigenvalue weighted by Crippen LogP contribution is -2.38. The molecule has 1 aromatic heterocycles. The van der Waals surface area contributed by atoms with Crippen LogP contribution in [0, 0.1) is 10.1 Å². The maximum absolute atomic E-state index is 12.9. The van der Waals surface area contributed by atoms with Crippen molar-refractivity contribution in [1.29, 1.82) is 0 Å². The average Bonchev–Trinajstić information content (AvgIpc) is 3.08. The SMILES string of the molecule is O=C(NCCCN1CCOCC1)c1nc2cc(C(F)(F)F)cc([N+](=O)[O-])c2s1. The number of ether oxygens (including phenoxy) is 1. The molecule has 0 bridgehead atoms. The number of alkyl halides is 3. The molecule has 28 heavy (non-hydrogen) atoms. The first-order chi connectivity index (χ1) is 13.3. The van der Waals surface area contributed by atoms with Gasteiger partial charge in [-0.1, -0.05) is 0 Å². The van der Waals surface area contributed by atoms with Crippen LogP contribution in [0.2, 0.25) is 0 Å². The first-order valence-corrected chi connectivity index (χ1v) is 9.32. The van der Waals surface area contributed by atoms with E-state index in [1.165, 1.54) is 0 Å². The zero-order valence-corrected chi connectivity index (χ0v) is 15.4. The van der Waals surface area contributed by atoms with Crippen molar-refractivity contribution in [1.82, 2.24) is 15.2 Å². The summed E-state index contributed by atoms with van der Waals surface area (Å²) in [5, 5.41) is 13.7. The van der Waals surface area contributed by atoms with Crippen LogP contribution >= 0.6 is 11.3 Å². The van der Waals surface area contributed by atoms with Crippen LogP contribution in [0.1, 0.15) is 21.8 Å². The highest BCUT2D eigenvalue weighted by molar-refractivity contribution is 7.20. The number of rotatable bonds is 6. The summed E-state index contributed by atoms with van der Waals surface area (Å²) in [6.45, 7) is 4.16. The Kier molecular flexibility index (Phi) is 6.10. The molecule has 2 heterocycles. The molecule has 0 radical (unpaired) electrons. The molecule has 1 aromatic carbocycles. The summed E-state index contributed by atoms with van der Waals surface area (Å²) in [5.74, 6) is -0.564. The normalized spacial score (nSPS) is 15.7. The van der Waals surface area contributed by atoms with Crippen molar-refractivity contribution in [3.63, 3.8) is 0 Å². The Bertz CT molecular complexity index is 881. The highest BCUT2D eigenvalue weighted by Gasteiger charge is 2.34. The van der Waals surface area contributed by atoms with E-state index in [0.29, 0.717) is 49.6 Å². The summed E-state index contributed by atoms with van der Waals surface area (Å²) in [6.07, 6.45) is -4.06. The number of carbonyl (C=O) groups is 1. The number of morpholine rings is 1. The lowest BCUT2D eigenvalue weighted by atomic mass is 10.2. The molecule has 0 spiro atoms. The first-order valence-electron chi connectivity index (χ1n) is 8.50. The van der Waals surface area contributed by atoms with Crippen LogP contribution in [0.15, 0.2) is 12.1 Å². The molecule has 1 aliphatic rings. The first kappa shape index (κ1) is 20.4. The lowest BCUT2D eigenvalue weighted by Gasteiger charge is -2.26. The van der Waals surface area contributed by atoms with Gasteiger partial charge in [-0.15, -0.1) is 11.3 Å². The Morgan fingerprint density at radius 3 is 2.71 bits per heavy atom. The standard InChI is InChI=1S/C16H17F3N4O4S/c17-16(18,19)10-8-11-13(12(9-10)23(25)26)28-15(21-11)14(24)20-2-1-3-22-4-6-27-7-5-22/h8-9H,1-7H2,(H,20,24). The molecule has 1 saturated heterocycles. The monoisotopic (exact) mass is 418 g/mol. The lowest BCUT2D eigenvalue weighted by molar-refractivity contribution is -0.383. The van der Waals surface area contributed by atoms with Crippen molar-refractivity contribution < 1.29 is 27.6 Å². The van der Waals surface area contributed by atoms with Crippen LogP contribution < -0.4 is 5.32 Å². The molecular formula is C16H17F3N4O4S. The number of aromatic nitrogens is 1. The number of nitrogens with zero attached hydrogens (tertiary/aromatic N) is 3. The molecule has 1 fully saturated rings. The van der Waals surface area contributed by atoms with Gasteiger partial charge in [0.25, 0.3) is 11.6 Å². The summed E-state index contributed by atoms with van der Waals surface area (Å²) in [6, 6.07) is 1.18. The van der Waals surface area contributed by atoms with E-state index in [1.54, 1.807) is 0 Å². The van der Waals surface area contributed by atoms with E-state index in [1.807, 2.05) is 0 Å². The Labute approximate surface area is 161 Å². The number of amides is 1. The Morgan fingerprint density at radius 2 is 2.07 bits per heavy atom. The Morgan fingerprint density at radius 1 is 1.36 bits per heavy atom. The number of carbonyl (C=O) groups excluding carboxylic acids is 1. The third-order valence-electron chi connectivity index (χ3n) is 4.23. The van der Waals surface area contributed by atoms with Gasteiger partial charge in [-0.25, -0.2) is 4.98 Å². The minimum absolute atomic E-state index is 0.0588. The number of nitro benzene ring substituents is 1. The number of non-ortho nitro benzene ring substituents is 1. The summed E-state index contributed by atoms with van der Waals surface area (Å²) >= 11 is 0.707. The molecule has 3 rings (SSSR count). The van der Waals surface area contributed by atoms with Gasteiger partial charge in [0.2, 0.25) is 0 Å². The van der Waals surface area contributed by atoms with Crippen molar-refractivity contribution in [3.05, 3.63) is 32.8 Å². The maximum Gasteiger partial charge on any atom is 0.416 e. The highest BCUT2D eigenvalue weighted by atomic mass is 32.1. The number of hydrogen-bond acceptors (Lipinski definition) is 7. The van der Waals surface area contributed by atoms with E-state index >= 15 is 0 Å². The molecule has 0 saturated carbocycles. The number of nitrogens with one attached hydrogen (secondary N) is 1. The quantitative estimate of drug-likeness (QED) is 0.440. The van der Waals surface area contributed by atoms with E-state index in [9.17, 15) is 28.1 Å². The largest absolute Gasteiger partial charge is 0.416 e. The fourth-order valence-electron chi connectivity index (χ4n) is 2.82. The second kappa shape index (κ2) is 8.37. The fourth-order valence-corrected chi connectivity index (χ4v) is 3.77. The van der Waals surface area contributed by atoms with E-state index in [4.69, 9.17) is 4.74 Å². The van der Waals surface area contributed by atoms with Crippen LogP contribution in [-0.2, 0) is 10.9 Å². The average molecular weight is 418 g/mol. The van der Waals surface area contributed by atoms with Gasteiger partial charge in [0, 0.05) is 25.7 Å². The van der Waals surface area contributed by atoms with E-state index in [2.05, 4.69) is 15.2 Å². The predicted molar refractivity (Wildman–Crippen MR) is 95.5 cm³/mol. The van der Waals surface area contributed by atoms with Crippen LogP contribution in [-0.4, -0.2) is 60.1 Å². The van der Waals surface area contributed by atoms with Gasteiger partial charge < -0.3 is 10.1 Å². The minimum atomic E-state index is -4.75. The van der Waals surface area contributed by atoms with Crippen LogP contribution in [0.25, 0.3) is 10.2 Å². The number of nitro groups is 1. The van der Waals surface area contributed by atoms with Crippen LogP contribution in [0.4, 0.5) is 18.9 Å². The minimum Gasteiger partial charge on any atom is -0.379 e. The van der Waals surface area contributed by atoms with Crippen LogP contribution in [0.3, 0.4) is 0 Å². The third-order valence-corrected chi connectivity index (χ3v) is 5.32. The van der Waals surface area contributed by atoms with Crippen molar-refractivity contribution in [2.24, 2.45) is 0 Å². The Balaban J connectivity index is 1.69. The molecule has 0 atom stereocenters. The van der Waals surface area contributed by atoms with Gasteiger partial charge in [0.05, 0.1) is 29.2 Å². The molecule has 1 N–H and O–H groups in total. The van der Waals surface area contributed by atoms with Crippen molar-refractivity contribution >= 4 is 33.1 Å². The second-order valence-corrected chi connectivity index (χ2v) is 7.18. The van der Waals surface area contributed by atoms with Gasteiger partial charge >= 0.3 is 6.18 Å². The molecule has 12 heteroatoms. The molecule has 1 aliphatic heterocycles. The third kappa shape index (κ3) is 4.75. The Hall–Kier alpha value is -2.31. The zero-order valence-electron chi connectivity index (χ0n) is 14.6. The summed E-state index contributed by atoms with van der Waals surface area (Å²) < 4.78 is 44.0. The second-order valence-electron chi connectivity index (χ2n) is 6.18. The van der Waals surface area contributed by atoms with Gasteiger partial charge in [-0.05, 0) is 19.0 Å². The number of thiazole rings is 1. The molecule has 152 valence electrons. The summed E-state index contributed by atoms with van der Waals surface area (Å²) in [4.78, 5) is 28.6. The van der Waals surface area contributed by atoms with Crippen molar-refractivity contribution in [2.75, 3.05) is 39.4 Å². The molecular weight excluding hydrogens is 401 g/mol. The predicted octanol–water partition coefficient (Wildman–Crippen LogP) is 2.68. The zero-order chi connectivity index (χ0) is 20.3. The van der Waals surface area contributed by atoms with Crippen LogP contribution in [0.5, 0.6) is 0 Å². The van der Waals surface area contributed by atoms with E-state index in [0.717, 1.165) is 19.6 Å². The van der Waals surface area contributed by atoms with Crippen molar-refractivity contribution in [2.45, 2.75) is 12.6 Å². The smallest absolute Gasteiger partial charge is 0.379 e. The van der Waals surface area contributed by atoms with Gasteiger partial charge in [-0.2, -0.15) is 13.2 Å². The van der Waals surface area contributed by atoms with Gasteiger partial charge in [0.1, 0.15) is 4.70 Å². The topological polar surface area (TPSA) is 97.6 Å². The fraction of sp³-hybridized carbons (Fsp3) is 0.500. The van der Waals surface area contributed by atoms with Crippen molar-refractivity contribution in [3.8, 4) is 0 Å². The molecule has 2 aromatic rings. The van der Waals surface area contributed by atoms with Gasteiger partial charge in [-0.3, -0.25) is 19.8 Å². The number of fused-ring (bicyclic) bond motifs is 1. The van der Waals surface area contributed by atoms with Gasteiger partial charge in [0.15, 0.2) is 5.01 Å². The number of halogens is 3. The maximum atomic E-state index is 12.9. The summed E-state index contributed by atoms with van der Waals surface area (Å²) in [5.41, 5.74) is -2.10. The van der Waals surface area contributed by atoms with E-state index < -0.39 is 28.3 Å². The highest BCUT2D eigenvalue weighted by Crippen LogP contribution is 2.38. The molecule has 8 nitrogen and oxygen atoms in total. The summed E-state index contributed by atoms with van der Waals surface area (Å²) in [7, 11) is 0. The molecule has 0 unspecified atom stereocenters. The molecule has 0 aliphatic carbocycles. The molecule has 1 amide bonds. The number of benzene rings is 1.